The van der Waals surface area contributed by atoms with E-state index >= 15 is 0 Å². The van der Waals surface area contributed by atoms with Crippen LogP contribution in [-0.4, -0.2) is 31.5 Å². The van der Waals surface area contributed by atoms with E-state index < -0.39 is 11.6 Å². The van der Waals surface area contributed by atoms with Gasteiger partial charge in [0.2, 0.25) is 5.91 Å². The average Bonchev–Trinajstić information content (AvgIpc) is 2.33. The van der Waals surface area contributed by atoms with Crippen molar-refractivity contribution in [2.45, 2.75) is 13.0 Å². The number of amides is 1. The Bertz CT molecular complexity index is 438. The number of ether oxygens (including phenoxy) is 1. The fourth-order valence-corrected chi connectivity index (χ4v) is 1.51. The van der Waals surface area contributed by atoms with Crippen LogP contribution < -0.4 is 10.5 Å². The molecule has 1 rings (SSSR count). The molecule has 1 amide bonds. The number of benzene rings is 1. The van der Waals surface area contributed by atoms with E-state index in [4.69, 9.17) is 5.73 Å². The topological polar surface area (TPSA) is 55.6 Å². The first-order chi connectivity index (χ1) is 8.49. The first-order valence-corrected chi connectivity index (χ1v) is 5.45. The van der Waals surface area contributed by atoms with Gasteiger partial charge in [0.15, 0.2) is 11.6 Å². The van der Waals surface area contributed by atoms with Gasteiger partial charge in [-0.15, -0.1) is 0 Å². The highest BCUT2D eigenvalue weighted by molar-refractivity contribution is 5.76. The Kier molecular flexibility index (Phi) is 5.03. The normalized spacial score (nSPS) is 10.3. The average molecular weight is 258 g/mol. The van der Waals surface area contributed by atoms with E-state index in [1.165, 1.54) is 19.1 Å². The van der Waals surface area contributed by atoms with Gasteiger partial charge < -0.3 is 15.4 Å². The highest BCUT2D eigenvalue weighted by atomic mass is 19.1. The molecule has 0 aliphatic rings. The van der Waals surface area contributed by atoms with Crippen molar-refractivity contribution < 1.29 is 18.3 Å². The summed E-state index contributed by atoms with van der Waals surface area (Å²) in [6.45, 7) is 0.216. The highest BCUT2D eigenvalue weighted by Crippen LogP contribution is 2.22. The quantitative estimate of drug-likeness (QED) is 0.865. The summed E-state index contributed by atoms with van der Waals surface area (Å²) < 4.78 is 31.7. The summed E-state index contributed by atoms with van der Waals surface area (Å²) in [4.78, 5) is 12.8. The number of hydrogen-bond donors (Lipinski definition) is 1. The fourth-order valence-electron chi connectivity index (χ4n) is 1.51. The van der Waals surface area contributed by atoms with Gasteiger partial charge in [-0.3, -0.25) is 4.79 Å². The number of hydrogen-bond acceptors (Lipinski definition) is 3. The molecule has 0 heterocycles. The fraction of sp³-hybridized carbons (Fsp3) is 0.417. The summed E-state index contributed by atoms with van der Waals surface area (Å²) in [5, 5.41) is 0. The van der Waals surface area contributed by atoms with Crippen molar-refractivity contribution in [2.75, 3.05) is 20.7 Å². The first kappa shape index (κ1) is 14.4. The second-order valence-electron chi connectivity index (χ2n) is 3.87. The molecule has 1 aromatic carbocycles. The molecule has 0 bridgehead atoms. The summed E-state index contributed by atoms with van der Waals surface area (Å²) in [6.07, 6.45) is 0.177. The Hall–Kier alpha value is -1.69. The Morgan fingerprint density at radius 1 is 1.39 bits per heavy atom. The summed E-state index contributed by atoms with van der Waals surface area (Å²) in [5.41, 5.74) is 5.35. The maximum absolute atomic E-state index is 13.6. The van der Waals surface area contributed by atoms with Gasteiger partial charge in [0.25, 0.3) is 0 Å². The smallest absolute Gasteiger partial charge is 0.223 e. The third-order valence-corrected chi connectivity index (χ3v) is 2.51. The van der Waals surface area contributed by atoms with Crippen LogP contribution in [0, 0.1) is 11.6 Å². The van der Waals surface area contributed by atoms with Crippen LogP contribution >= 0.6 is 0 Å². The molecule has 0 radical (unpaired) electrons. The summed E-state index contributed by atoms with van der Waals surface area (Å²) in [6, 6.07) is 1.99. The number of carbonyl (C=O) groups is 1. The molecule has 4 nitrogen and oxygen atoms in total. The van der Waals surface area contributed by atoms with Crippen LogP contribution in [0.2, 0.25) is 0 Å². The second-order valence-corrected chi connectivity index (χ2v) is 3.87. The molecule has 6 heteroatoms. The predicted octanol–water partition coefficient (Wildman–Crippen LogP) is 1.28. The molecule has 18 heavy (non-hydrogen) atoms. The van der Waals surface area contributed by atoms with Crippen molar-refractivity contribution in [3.63, 3.8) is 0 Å². The lowest BCUT2D eigenvalue weighted by molar-refractivity contribution is -0.130. The van der Waals surface area contributed by atoms with Crippen molar-refractivity contribution in [2.24, 2.45) is 5.73 Å². The SMILES string of the molecule is COc1cc(F)c(CN(C)C(=O)CCN)cc1F. The molecule has 0 spiro atoms. The van der Waals surface area contributed by atoms with Crippen LogP contribution in [0.3, 0.4) is 0 Å². The van der Waals surface area contributed by atoms with Gasteiger partial charge >= 0.3 is 0 Å². The van der Waals surface area contributed by atoms with Crippen LogP contribution in [-0.2, 0) is 11.3 Å². The molecule has 100 valence electrons. The predicted molar refractivity (Wildman–Crippen MR) is 63.1 cm³/mol. The van der Waals surface area contributed by atoms with E-state index in [9.17, 15) is 13.6 Å². The second kappa shape index (κ2) is 6.30. The van der Waals surface area contributed by atoms with E-state index in [0.29, 0.717) is 0 Å². The number of rotatable bonds is 5. The molecule has 1 aromatic rings. The molecular formula is C12H16F2N2O2. The molecule has 0 aromatic heterocycles. The lowest BCUT2D eigenvalue weighted by atomic mass is 10.1. The summed E-state index contributed by atoms with van der Waals surface area (Å²) in [7, 11) is 2.77. The van der Waals surface area contributed by atoms with Crippen LogP contribution in [0.5, 0.6) is 5.75 Å². The maximum atomic E-state index is 13.6. The van der Waals surface area contributed by atoms with Crippen molar-refractivity contribution >= 4 is 5.91 Å². The number of carbonyl (C=O) groups excluding carboxylic acids is 1. The van der Waals surface area contributed by atoms with E-state index in [2.05, 4.69) is 4.74 Å². The molecule has 0 atom stereocenters. The summed E-state index contributed by atoms with van der Waals surface area (Å²) in [5.74, 6) is -1.64. The minimum Gasteiger partial charge on any atom is -0.494 e. The third-order valence-electron chi connectivity index (χ3n) is 2.51. The standard InChI is InChI=1S/C12H16F2N2O2/c1-16(12(17)3-4-15)7-8-5-10(14)11(18-2)6-9(8)13/h5-6H,3-4,7,15H2,1-2H3. The first-order valence-electron chi connectivity index (χ1n) is 5.45. The molecule has 0 fully saturated rings. The van der Waals surface area contributed by atoms with Crippen LogP contribution in [0.4, 0.5) is 8.78 Å². The minimum absolute atomic E-state index is 0.00835. The van der Waals surface area contributed by atoms with Crippen molar-refractivity contribution in [1.29, 1.82) is 0 Å². The number of nitrogens with zero attached hydrogens (tertiary/aromatic N) is 1. The van der Waals surface area contributed by atoms with Gasteiger partial charge in [0, 0.05) is 38.2 Å². The monoisotopic (exact) mass is 258 g/mol. The van der Waals surface area contributed by atoms with Gasteiger partial charge in [-0.2, -0.15) is 0 Å². The van der Waals surface area contributed by atoms with E-state index in [-0.39, 0.29) is 36.7 Å². The third kappa shape index (κ3) is 3.40. The largest absolute Gasteiger partial charge is 0.494 e. The van der Waals surface area contributed by atoms with Crippen molar-refractivity contribution in [3.8, 4) is 5.75 Å². The van der Waals surface area contributed by atoms with Crippen LogP contribution in [0.25, 0.3) is 0 Å². The Morgan fingerprint density at radius 2 is 2.06 bits per heavy atom. The van der Waals surface area contributed by atoms with E-state index in [1.54, 1.807) is 0 Å². The Labute approximate surface area is 104 Å². The molecule has 0 saturated carbocycles. The van der Waals surface area contributed by atoms with Crippen molar-refractivity contribution in [1.82, 2.24) is 4.90 Å². The van der Waals surface area contributed by atoms with Crippen molar-refractivity contribution in [3.05, 3.63) is 29.3 Å². The molecular weight excluding hydrogens is 242 g/mol. The molecule has 0 unspecified atom stereocenters. The van der Waals surface area contributed by atoms with Gasteiger partial charge in [-0.05, 0) is 6.07 Å². The zero-order valence-corrected chi connectivity index (χ0v) is 10.4. The van der Waals surface area contributed by atoms with Gasteiger partial charge in [-0.1, -0.05) is 0 Å². The number of nitrogens with two attached hydrogens (primary N) is 1. The number of methoxy groups -OCH3 is 1. The Morgan fingerprint density at radius 3 is 2.61 bits per heavy atom. The van der Waals surface area contributed by atoms with Gasteiger partial charge in [0.05, 0.1) is 7.11 Å². The summed E-state index contributed by atoms with van der Waals surface area (Å²) >= 11 is 0. The Balaban J connectivity index is 2.85. The minimum atomic E-state index is -0.659. The molecule has 0 saturated heterocycles. The zero-order valence-electron chi connectivity index (χ0n) is 10.4. The molecule has 0 aliphatic carbocycles. The van der Waals surface area contributed by atoms with E-state index in [0.717, 1.165) is 12.1 Å². The van der Waals surface area contributed by atoms with E-state index in [1.807, 2.05) is 0 Å². The lowest BCUT2D eigenvalue weighted by Gasteiger charge is -2.17. The molecule has 2 N–H and O–H groups in total. The van der Waals surface area contributed by atoms with Crippen LogP contribution in [0.15, 0.2) is 12.1 Å². The lowest BCUT2D eigenvalue weighted by Crippen LogP contribution is -2.28. The van der Waals surface area contributed by atoms with Gasteiger partial charge in [0.1, 0.15) is 5.82 Å². The maximum Gasteiger partial charge on any atom is 0.223 e. The number of halogens is 2. The van der Waals surface area contributed by atoms with Gasteiger partial charge in [-0.25, -0.2) is 8.78 Å². The van der Waals surface area contributed by atoms with Crippen LogP contribution in [0.1, 0.15) is 12.0 Å². The molecule has 0 aliphatic heterocycles. The highest BCUT2D eigenvalue weighted by Gasteiger charge is 2.14. The zero-order chi connectivity index (χ0) is 13.7.